The topological polar surface area (TPSA) is 23.6 Å². The van der Waals surface area contributed by atoms with E-state index < -0.39 is 0 Å². The molecule has 0 saturated carbocycles. The van der Waals surface area contributed by atoms with Gasteiger partial charge in [-0.2, -0.15) is 12.6 Å². The van der Waals surface area contributed by atoms with E-state index in [1.807, 2.05) is 21.1 Å². The molecule has 0 bridgehead atoms. The first-order valence-corrected chi connectivity index (χ1v) is 5.04. The van der Waals surface area contributed by atoms with Crippen LogP contribution in [0.5, 0.6) is 0 Å². The van der Waals surface area contributed by atoms with Crippen LogP contribution in [0.4, 0.5) is 0 Å². The quantitative estimate of drug-likeness (QED) is 0.667. The van der Waals surface area contributed by atoms with Crippen LogP contribution in [-0.2, 0) is 4.79 Å². The first-order valence-electron chi connectivity index (χ1n) is 4.53. The van der Waals surface area contributed by atoms with Crippen molar-refractivity contribution in [3.8, 4) is 0 Å². The summed E-state index contributed by atoms with van der Waals surface area (Å²) in [5.41, 5.74) is 0. The molecule has 0 aromatic heterocycles. The Balaban J connectivity index is 3.62. The van der Waals surface area contributed by atoms with Gasteiger partial charge in [0.25, 0.3) is 0 Å². The Labute approximate surface area is 86.5 Å². The number of nitrogens with zero attached hydrogens (tertiary/aromatic N) is 2. The number of amides is 1. The minimum atomic E-state index is -0.190. The maximum atomic E-state index is 11.4. The van der Waals surface area contributed by atoms with Crippen LogP contribution >= 0.6 is 12.6 Å². The zero-order valence-electron chi connectivity index (χ0n) is 8.95. The van der Waals surface area contributed by atoms with Crippen molar-refractivity contribution in [2.75, 3.05) is 34.2 Å². The first-order chi connectivity index (χ1) is 5.95. The fraction of sp³-hybridized carbons (Fsp3) is 0.889. The van der Waals surface area contributed by atoms with Gasteiger partial charge in [0, 0.05) is 13.6 Å². The van der Waals surface area contributed by atoms with E-state index in [4.69, 9.17) is 0 Å². The Kier molecular flexibility index (Phi) is 6.16. The largest absolute Gasteiger partial charge is 0.345 e. The highest BCUT2D eigenvalue weighted by Gasteiger charge is 2.12. The highest BCUT2D eigenvalue weighted by atomic mass is 32.1. The Hall–Kier alpha value is -0.220. The van der Waals surface area contributed by atoms with Crippen molar-refractivity contribution in [3.63, 3.8) is 0 Å². The molecule has 3 nitrogen and oxygen atoms in total. The number of hydrogen-bond acceptors (Lipinski definition) is 3. The highest BCUT2D eigenvalue weighted by Crippen LogP contribution is 1.99. The van der Waals surface area contributed by atoms with Crippen molar-refractivity contribution in [1.29, 1.82) is 0 Å². The Morgan fingerprint density at radius 2 is 1.85 bits per heavy atom. The molecule has 0 aromatic carbocycles. The maximum Gasteiger partial charge on any atom is 0.234 e. The molecule has 0 aliphatic carbocycles. The van der Waals surface area contributed by atoms with E-state index in [1.165, 1.54) is 0 Å². The number of carbonyl (C=O) groups excluding carboxylic acids is 1. The van der Waals surface area contributed by atoms with Crippen molar-refractivity contribution in [2.45, 2.75) is 18.6 Å². The van der Waals surface area contributed by atoms with E-state index in [2.05, 4.69) is 17.5 Å². The third-order valence-electron chi connectivity index (χ3n) is 1.83. The Bertz CT molecular complexity index is 160. The van der Waals surface area contributed by atoms with Crippen LogP contribution in [0, 0.1) is 0 Å². The van der Waals surface area contributed by atoms with Gasteiger partial charge in [0.1, 0.15) is 0 Å². The van der Waals surface area contributed by atoms with Crippen LogP contribution in [0.25, 0.3) is 0 Å². The van der Waals surface area contributed by atoms with Crippen LogP contribution < -0.4 is 0 Å². The lowest BCUT2D eigenvalue weighted by Gasteiger charge is -2.19. The van der Waals surface area contributed by atoms with E-state index in [0.717, 1.165) is 19.5 Å². The molecule has 0 fully saturated rings. The summed E-state index contributed by atoms with van der Waals surface area (Å²) < 4.78 is 0. The summed E-state index contributed by atoms with van der Waals surface area (Å²) in [5, 5.41) is -0.190. The normalized spacial score (nSPS) is 13.1. The molecule has 0 rings (SSSR count). The summed E-state index contributed by atoms with van der Waals surface area (Å²) >= 11 is 4.09. The summed E-state index contributed by atoms with van der Waals surface area (Å²) in [7, 11) is 5.89. The van der Waals surface area contributed by atoms with Gasteiger partial charge in [0.05, 0.1) is 5.25 Å². The molecule has 0 aliphatic heterocycles. The lowest BCUT2D eigenvalue weighted by atomic mass is 10.3. The molecule has 0 radical (unpaired) electrons. The molecular weight excluding hydrogens is 184 g/mol. The highest BCUT2D eigenvalue weighted by molar-refractivity contribution is 7.81. The fourth-order valence-corrected chi connectivity index (χ4v) is 1.25. The second-order valence-electron chi connectivity index (χ2n) is 3.59. The van der Waals surface area contributed by atoms with Crippen LogP contribution in [0.2, 0.25) is 0 Å². The lowest BCUT2D eigenvalue weighted by Crippen LogP contribution is -2.34. The minimum Gasteiger partial charge on any atom is -0.345 e. The molecular formula is C9H20N2OS. The van der Waals surface area contributed by atoms with Gasteiger partial charge in [-0.1, -0.05) is 0 Å². The Morgan fingerprint density at radius 3 is 2.23 bits per heavy atom. The second-order valence-corrected chi connectivity index (χ2v) is 4.37. The predicted molar refractivity (Wildman–Crippen MR) is 59.3 cm³/mol. The van der Waals surface area contributed by atoms with Crippen molar-refractivity contribution >= 4 is 18.5 Å². The molecule has 78 valence electrons. The van der Waals surface area contributed by atoms with Crippen molar-refractivity contribution < 1.29 is 4.79 Å². The van der Waals surface area contributed by atoms with Crippen LogP contribution in [0.3, 0.4) is 0 Å². The summed E-state index contributed by atoms with van der Waals surface area (Å²) in [6, 6.07) is 0. The summed E-state index contributed by atoms with van der Waals surface area (Å²) in [6.45, 7) is 3.62. The number of thiol groups is 1. The minimum absolute atomic E-state index is 0.0992. The van der Waals surface area contributed by atoms with E-state index in [9.17, 15) is 4.79 Å². The molecule has 0 saturated heterocycles. The summed E-state index contributed by atoms with van der Waals surface area (Å²) in [4.78, 5) is 15.2. The van der Waals surface area contributed by atoms with E-state index >= 15 is 0 Å². The maximum absolute atomic E-state index is 11.4. The van der Waals surface area contributed by atoms with Crippen molar-refractivity contribution in [3.05, 3.63) is 0 Å². The number of carbonyl (C=O) groups is 1. The first kappa shape index (κ1) is 12.8. The third kappa shape index (κ3) is 5.93. The molecule has 4 heteroatoms. The van der Waals surface area contributed by atoms with Gasteiger partial charge in [0.2, 0.25) is 5.91 Å². The zero-order valence-corrected chi connectivity index (χ0v) is 9.84. The van der Waals surface area contributed by atoms with Gasteiger partial charge in [-0.25, -0.2) is 0 Å². The Morgan fingerprint density at radius 1 is 1.31 bits per heavy atom. The van der Waals surface area contributed by atoms with Gasteiger partial charge in [-0.15, -0.1) is 0 Å². The van der Waals surface area contributed by atoms with Gasteiger partial charge in [0.15, 0.2) is 0 Å². The summed E-state index contributed by atoms with van der Waals surface area (Å²) in [5.74, 6) is 0.0992. The number of rotatable bonds is 5. The monoisotopic (exact) mass is 204 g/mol. The molecule has 0 aliphatic rings. The van der Waals surface area contributed by atoms with Gasteiger partial charge >= 0.3 is 0 Å². The second kappa shape index (κ2) is 6.27. The molecule has 0 heterocycles. The standard InChI is InChI=1S/C9H20N2OS/c1-8(13)9(12)11(4)7-5-6-10(2)3/h8,13H,5-7H2,1-4H3. The zero-order chi connectivity index (χ0) is 10.4. The average Bonchev–Trinajstić information content (AvgIpc) is 2.02. The predicted octanol–water partition coefficient (Wildman–Crippen LogP) is 0.715. The van der Waals surface area contributed by atoms with Crippen molar-refractivity contribution in [2.24, 2.45) is 0 Å². The van der Waals surface area contributed by atoms with E-state index in [0.29, 0.717) is 0 Å². The molecule has 1 amide bonds. The van der Waals surface area contributed by atoms with Gasteiger partial charge in [-0.3, -0.25) is 4.79 Å². The van der Waals surface area contributed by atoms with Gasteiger partial charge < -0.3 is 9.80 Å². The van der Waals surface area contributed by atoms with Crippen LogP contribution in [0.1, 0.15) is 13.3 Å². The SMILES string of the molecule is CC(S)C(=O)N(C)CCCN(C)C. The molecule has 0 spiro atoms. The van der Waals surface area contributed by atoms with Crippen LogP contribution in [0.15, 0.2) is 0 Å². The van der Waals surface area contributed by atoms with Crippen molar-refractivity contribution in [1.82, 2.24) is 9.80 Å². The van der Waals surface area contributed by atoms with Gasteiger partial charge in [-0.05, 0) is 34.0 Å². The third-order valence-corrected chi connectivity index (χ3v) is 2.05. The molecule has 1 atom stereocenters. The average molecular weight is 204 g/mol. The van der Waals surface area contributed by atoms with Crippen LogP contribution in [-0.4, -0.2) is 55.2 Å². The molecule has 0 N–H and O–H groups in total. The van der Waals surface area contributed by atoms with E-state index in [-0.39, 0.29) is 11.2 Å². The lowest BCUT2D eigenvalue weighted by molar-refractivity contribution is -0.129. The summed E-state index contributed by atoms with van der Waals surface area (Å²) in [6.07, 6.45) is 1.01. The fourth-order valence-electron chi connectivity index (χ4n) is 1.05. The smallest absolute Gasteiger partial charge is 0.234 e. The molecule has 1 unspecified atom stereocenters. The molecule has 13 heavy (non-hydrogen) atoms. The number of hydrogen-bond donors (Lipinski definition) is 1. The van der Waals surface area contributed by atoms with E-state index in [1.54, 1.807) is 11.8 Å². The molecule has 0 aromatic rings.